The maximum Gasteiger partial charge on any atom is 0.326 e. The Hall–Kier alpha value is -1.49. The van der Waals surface area contributed by atoms with Crippen LogP contribution in [0.2, 0.25) is 0 Å². The van der Waals surface area contributed by atoms with Gasteiger partial charge in [0.2, 0.25) is 0 Å². The quantitative estimate of drug-likeness (QED) is 0.820. The van der Waals surface area contributed by atoms with E-state index in [4.69, 9.17) is 10.5 Å². The lowest BCUT2D eigenvalue weighted by molar-refractivity contribution is -0.146. The van der Waals surface area contributed by atoms with E-state index in [0.717, 1.165) is 12.1 Å². The maximum absolute atomic E-state index is 13.0. The highest BCUT2D eigenvalue weighted by Crippen LogP contribution is 2.50. The van der Waals surface area contributed by atoms with Crippen molar-refractivity contribution in [3.8, 4) is 0 Å². The molecular weight excluding hydrogens is 228 g/mol. The van der Waals surface area contributed by atoms with E-state index in [2.05, 4.69) is 0 Å². The van der Waals surface area contributed by atoms with E-state index < -0.39 is 23.1 Å². The molecule has 0 heterocycles. The lowest BCUT2D eigenvalue weighted by atomic mass is 10.1. The first-order chi connectivity index (χ1) is 7.99. The van der Waals surface area contributed by atoms with Crippen LogP contribution in [0.4, 0.5) is 8.78 Å². The average molecular weight is 241 g/mol. The van der Waals surface area contributed by atoms with Gasteiger partial charge in [-0.2, -0.15) is 0 Å². The van der Waals surface area contributed by atoms with Crippen LogP contribution in [0.25, 0.3) is 0 Å². The Morgan fingerprint density at radius 2 is 2.24 bits per heavy atom. The molecule has 5 heteroatoms. The number of carbonyl (C=O) groups excluding carboxylic acids is 1. The van der Waals surface area contributed by atoms with Crippen molar-refractivity contribution in [3.63, 3.8) is 0 Å². The molecule has 0 aromatic heterocycles. The molecule has 1 aromatic rings. The van der Waals surface area contributed by atoms with Gasteiger partial charge in [-0.25, -0.2) is 8.78 Å². The average Bonchev–Trinajstić information content (AvgIpc) is 2.97. The van der Waals surface area contributed by atoms with Crippen molar-refractivity contribution >= 4 is 5.97 Å². The lowest BCUT2D eigenvalue weighted by Crippen LogP contribution is -2.36. The smallest absolute Gasteiger partial charge is 0.326 e. The minimum atomic E-state index is -1.08. The fraction of sp³-hybridized carbons (Fsp3) is 0.417. The summed E-state index contributed by atoms with van der Waals surface area (Å²) < 4.78 is 30.6. The molecule has 1 saturated carbocycles. The molecule has 1 fully saturated rings. The predicted octanol–water partition coefficient (Wildman–Crippen LogP) is 1.71. The molecule has 0 radical (unpaired) electrons. The maximum atomic E-state index is 13.0. The summed E-state index contributed by atoms with van der Waals surface area (Å²) in [6.45, 7) is 1.94. The van der Waals surface area contributed by atoms with Gasteiger partial charge in [-0.3, -0.25) is 4.79 Å². The van der Waals surface area contributed by atoms with Gasteiger partial charge in [-0.1, -0.05) is 6.07 Å². The van der Waals surface area contributed by atoms with Crippen LogP contribution in [0, 0.1) is 11.6 Å². The Morgan fingerprint density at radius 1 is 1.53 bits per heavy atom. The minimum Gasteiger partial charge on any atom is -0.465 e. The summed E-state index contributed by atoms with van der Waals surface area (Å²) in [7, 11) is 0. The second-order valence-corrected chi connectivity index (χ2v) is 4.19. The van der Waals surface area contributed by atoms with Crippen LogP contribution < -0.4 is 5.73 Å². The molecule has 0 bridgehead atoms. The van der Waals surface area contributed by atoms with E-state index in [1.807, 2.05) is 0 Å². The molecule has 92 valence electrons. The van der Waals surface area contributed by atoms with Crippen LogP contribution in [-0.4, -0.2) is 18.1 Å². The van der Waals surface area contributed by atoms with E-state index in [0.29, 0.717) is 12.0 Å². The number of nitrogens with two attached hydrogens (primary N) is 1. The molecule has 2 N–H and O–H groups in total. The topological polar surface area (TPSA) is 52.3 Å². The van der Waals surface area contributed by atoms with Crippen LogP contribution in [0.3, 0.4) is 0 Å². The summed E-state index contributed by atoms with van der Waals surface area (Å²) in [5.74, 6) is -2.62. The van der Waals surface area contributed by atoms with Gasteiger partial charge >= 0.3 is 5.97 Å². The molecule has 0 aliphatic heterocycles. The van der Waals surface area contributed by atoms with Crippen LogP contribution in [0.15, 0.2) is 18.2 Å². The number of halogens is 2. The number of rotatable bonds is 3. The normalized spacial score (nSPS) is 26.7. The molecule has 2 atom stereocenters. The van der Waals surface area contributed by atoms with E-state index in [9.17, 15) is 13.6 Å². The first-order valence-corrected chi connectivity index (χ1v) is 5.40. The third kappa shape index (κ3) is 2.02. The Morgan fingerprint density at radius 3 is 2.82 bits per heavy atom. The Kier molecular flexibility index (Phi) is 2.87. The standard InChI is InChI=1S/C12H13F2NO2/c1-2-17-11(16)12(15)6-8(12)7-3-4-9(13)10(14)5-7/h3-5,8H,2,6,15H2,1H3. The van der Waals surface area contributed by atoms with Gasteiger partial charge in [0.15, 0.2) is 11.6 Å². The first kappa shape index (κ1) is 12.0. The Bertz CT molecular complexity index is 464. The van der Waals surface area contributed by atoms with Gasteiger partial charge in [0.05, 0.1) is 6.61 Å². The van der Waals surface area contributed by atoms with E-state index in [1.54, 1.807) is 6.92 Å². The van der Waals surface area contributed by atoms with Crippen molar-refractivity contribution in [2.75, 3.05) is 6.61 Å². The molecule has 1 aliphatic carbocycles. The third-order valence-corrected chi connectivity index (χ3v) is 3.01. The lowest BCUT2D eigenvalue weighted by Gasteiger charge is -2.10. The monoisotopic (exact) mass is 241 g/mol. The fourth-order valence-electron chi connectivity index (χ4n) is 1.91. The van der Waals surface area contributed by atoms with Gasteiger partial charge in [-0.05, 0) is 31.0 Å². The highest BCUT2D eigenvalue weighted by Gasteiger charge is 2.59. The largest absolute Gasteiger partial charge is 0.465 e. The fourth-order valence-corrected chi connectivity index (χ4v) is 1.91. The summed E-state index contributed by atoms with van der Waals surface area (Å²) in [4.78, 5) is 11.5. The molecule has 0 amide bonds. The number of hydrogen-bond donors (Lipinski definition) is 1. The molecule has 2 unspecified atom stereocenters. The van der Waals surface area contributed by atoms with Gasteiger partial charge in [-0.15, -0.1) is 0 Å². The highest BCUT2D eigenvalue weighted by molar-refractivity contribution is 5.86. The van der Waals surface area contributed by atoms with Crippen LogP contribution >= 0.6 is 0 Å². The number of hydrogen-bond acceptors (Lipinski definition) is 3. The van der Waals surface area contributed by atoms with Gasteiger partial charge in [0.25, 0.3) is 0 Å². The molecule has 2 rings (SSSR count). The Balaban J connectivity index is 2.16. The van der Waals surface area contributed by atoms with E-state index >= 15 is 0 Å². The summed E-state index contributed by atoms with van der Waals surface area (Å²) in [5, 5.41) is 0. The molecule has 17 heavy (non-hydrogen) atoms. The van der Waals surface area contributed by atoms with Crippen LogP contribution in [0.5, 0.6) is 0 Å². The van der Waals surface area contributed by atoms with Gasteiger partial charge < -0.3 is 10.5 Å². The Labute approximate surface area is 97.6 Å². The van der Waals surface area contributed by atoms with Gasteiger partial charge in [0.1, 0.15) is 5.54 Å². The molecule has 1 aliphatic rings. The zero-order valence-electron chi connectivity index (χ0n) is 9.37. The van der Waals surface area contributed by atoms with Crippen molar-refractivity contribution in [3.05, 3.63) is 35.4 Å². The summed E-state index contributed by atoms with van der Waals surface area (Å²) in [6.07, 6.45) is 0.400. The van der Waals surface area contributed by atoms with E-state index in [-0.39, 0.29) is 12.5 Å². The first-order valence-electron chi connectivity index (χ1n) is 5.40. The SMILES string of the molecule is CCOC(=O)C1(N)CC1c1ccc(F)c(F)c1. The number of ether oxygens (including phenoxy) is 1. The molecule has 3 nitrogen and oxygen atoms in total. The predicted molar refractivity (Wildman–Crippen MR) is 57.3 cm³/mol. The number of benzene rings is 1. The molecule has 0 spiro atoms. The second kappa shape index (κ2) is 4.07. The van der Waals surface area contributed by atoms with Crippen LogP contribution in [0.1, 0.15) is 24.8 Å². The summed E-state index contributed by atoms with van der Waals surface area (Å²) in [5.41, 5.74) is 5.29. The number of esters is 1. The summed E-state index contributed by atoms with van der Waals surface area (Å²) >= 11 is 0. The molecule has 0 saturated heterocycles. The van der Waals surface area contributed by atoms with Gasteiger partial charge in [0, 0.05) is 5.92 Å². The second-order valence-electron chi connectivity index (χ2n) is 4.19. The van der Waals surface area contributed by atoms with Crippen molar-refractivity contribution in [1.82, 2.24) is 0 Å². The molecule has 1 aromatic carbocycles. The zero-order valence-corrected chi connectivity index (χ0v) is 9.37. The highest BCUT2D eigenvalue weighted by atomic mass is 19.2. The van der Waals surface area contributed by atoms with Crippen molar-refractivity contribution in [2.24, 2.45) is 5.73 Å². The third-order valence-electron chi connectivity index (χ3n) is 3.01. The summed E-state index contributed by atoms with van der Waals surface area (Å²) in [6, 6.07) is 3.55. The van der Waals surface area contributed by atoms with Crippen molar-refractivity contribution in [2.45, 2.75) is 24.8 Å². The minimum absolute atomic E-state index is 0.252. The zero-order chi connectivity index (χ0) is 12.6. The van der Waals surface area contributed by atoms with Crippen molar-refractivity contribution in [1.29, 1.82) is 0 Å². The molecular formula is C12H13F2NO2. The van der Waals surface area contributed by atoms with Crippen molar-refractivity contribution < 1.29 is 18.3 Å². The number of carbonyl (C=O) groups is 1. The van der Waals surface area contributed by atoms with E-state index in [1.165, 1.54) is 6.07 Å². The van der Waals surface area contributed by atoms with Crippen LogP contribution in [-0.2, 0) is 9.53 Å².